The van der Waals surface area contributed by atoms with Crippen molar-refractivity contribution < 1.29 is 9.59 Å². The molecule has 1 N–H and O–H groups in total. The normalized spacial score (nSPS) is 10.4. The van der Waals surface area contributed by atoms with E-state index in [9.17, 15) is 9.59 Å². The van der Waals surface area contributed by atoms with Gasteiger partial charge < -0.3 is 10.2 Å². The van der Waals surface area contributed by atoms with Crippen LogP contribution < -0.4 is 10.2 Å². The highest BCUT2D eigenvalue weighted by atomic mass is 35.5. The number of aryl methyl sites for hydroxylation is 2. The number of carbonyl (C=O) groups is 2. The average molecular weight is 379 g/mol. The highest BCUT2D eigenvalue weighted by Gasteiger charge is 2.16. The van der Waals surface area contributed by atoms with Crippen LogP contribution in [0.4, 0.5) is 5.69 Å². The number of nitrogens with zero attached hydrogens (tertiary/aromatic N) is 1. The largest absolute Gasteiger partial charge is 0.350 e. The summed E-state index contributed by atoms with van der Waals surface area (Å²) in [6.07, 6.45) is 0. The second-order valence-electron chi connectivity index (χ2n) is 5.80. The fourth-order valence-corrected chi connectivity index (χ4v) is 2.98. The first kappa shape index (κ1) is 19.3. The Morgan fingerprint density at radius 1 is 1.04 bits per heavy atom. The maximum absolute atomic E-state index is 12.2. The molecule has 2 aromatic carbocycles. The van der Waals surface area contributed by atoms with Gasteiger partial charge in [-0.2, -0.15) is 0 Å². The fraction of sp³-hybridized carbons (Fsp3) is 0.263. The van der Waals surface area contributed by atoms with E-state index in [1.165, 1.54) is 13.0 Å². The lowest BCUT2D eigenvalue weighted by Crippen LogP contribution is -2.38. The molecule has 0 fully saturated rings. The van der Waals surface area contributed by atoms with Gasteiger partial charge in [0.25, 0.3) is 5.91 Å². The SMILES string of the molecule is CC(=O)N(CCNC(=O)c1ccc(Cl)c(Cl)c1)c1c(C)cccc1C. The summed E-state index contributed by atoms with van der Waals surface area (Å²) in [7, 11) is 0. The van der Waals surface area contributed by atoms with Gasteiger partial charge in [0.2, 0.25) is 5.91 Å². The van der Waals surface area contributed by atoms with Crippen molar-refractivity contribution in [2.45, 2.75) is 20.8 Å². The van der Waals surface area contributed by atoms with Gasteiger partial charge in [-0.25, -0.2) is 0 Å². The molecule has 0 bridgehead atoms. The summed E-state index contributed by atoms with van der Waals surface area (Å²) in [6, 6.07) is 10.6. The number of halogens is 2. The highest BCUT2D eigenvalue weighted by Crippen LogP contribution is 2.25. The number of benzene rings is 2. The van der Waals surface area contributed by atoms with E-state index >= 15 is 0 Å². The van der Waals surface area contributed by atoms with Crippen molar-refractivity contribution >= 4 is 40.7 Å². The van der Waals surface area contributed by atoms with Crippen LogP contribution in [-0.4, -0.2) is 24.9 Å². The Kier molecular flexibility index (Phi) is 6.45. The van der Waals surface area contributed by atoms with Gasteiger partial charge in [-0.15, -0.1) is 0 Å². The van der Waals surface area contributed by atoms with Gasteiger partial charge >= 0.3 is 0 Å². The van der Waals surface area contributed by atoms with Crippen molar-refractivity contribution in [2.75, 3.05) is 18.0 Å². The molecule has 2 aromatic rings. The zero-order chi connectivity index (χ0) is 18.6. The molecule has 0 aromatic heterocycles. The first-order valence-corrected chi connectivity index (χ1v) is 8.64. The van der Waals surface area contributed by atoms with Crippen molar-refractivity contribution in [1.29, 1.82) is 0 Å². The van der Waals surface area contributed by atoms with Crippen LogP contribution in [-0.2, 0) is 4.79 Å². The molecule has 25 heavy (non-hydrogen) atoms. The standard InChI is InChI=1S/C19H20Cl2N2O2/c1-12-5-4-6-13(2)18(12)23(14(3)24)10-9-22-19(25)15-7-8-16(20)17(21)11-15/h4-8,11H,9-10H2,1-3H3,(H,22,25). The third kappa shape index (κ3) is 4.74. The number of anilines is 1. The van der Waals surface area contributed by atoms with Gasteiger partial charge in [-0.1, -0.05) is 41.4 Å². The fourth-order valence-electron chi connectivity index (χ4n) is 2.68. The maximum atomic E-state index is 12.2. The monoisotopic (exact) mass is 378 g/mol. The van der Waals surface area contributed by atoms with Crippen LogP contribution in [0.3, 0.4) is 0 Å². The minimum Gasteiger partial charge on any atom is -0.350 e. The number of nitrogens with one attached hydrogen (secondary N) is 1. The first-order chi connectivity index (χ1) is 11.8. The zero-order valence-electron chi connectivity index (χ0n) is 14.4. The van der Waals surface area contributed by atoms with Crippen LogP contribution in [0.15, 0.2) is 36.4 Å². The Labute approximate surface area is 157 Å². The lowest BCUT2D eigenvalue weighted by Gasteiger charge is -2.25. The molecule has 0 aliphatic carbocycles. The van der Waals surface area contributed by atoms with Gasteiger partial charge in [0, 0.05) is 31.3 Å². The highest BCUT2D eigenvalue weighted by molar-refractivity contribution is 6.42. The van der Waals surface area contributed by atoms with Crippen LogP contribution in [0.5, 0.6) is 0 Å². The summed E-state index contributed by atoms with van der Waals surface area (Å²) in [6.45, 7) is 6.16. The molecular weight excluding hydrogens is 359 g/mol. The number of hydrogen-bond acceptors (Lipinski definition) is 2. The summed E-state index contributed by atoms with van der Waals surface area (Å²) in [5, 5.41) is 3.53. The van der Waals surface area contributed by atoms with Crippen LogP contribution in [0.1, 0.15) is 28.4 Å². The Morgan fingerprint density at radius 2 is 1.68 bits per heavy atom. The van der Waals surface area contributed by atoms with Gasteiger partial charge in [0.1, 0.15) is 0 Å². The van der Waals surface area contributed by atoms with E-state index in [1.54, 1.807) is 17.0 Å². The summed E-state index contributed by atoms with van der Waals surface area (Å²) >= 11 is 11.8. The van der Waals surface area contributed by atoms with Crippen LogP contribution in [0.2, 0.25) is 10.0 Å². The summed E-state index contributed by atoms with van der Waals surface area (Å²) in [4.78, 5) is 26.0. The molecule has 6 heteroatoms. The number of hydrogen-bond donors (Lipinski definition) is 1. The van der Waals surface area contributed by atoms with Gasteiger partial charge in [-0.3, -0.25) is 9.59 Å². The minimum absolute atomic E-state index is 0.0683. The zero-order valence-corrected chi connectivity index (χ0v) is 15.9. The van der Waals surface area contributed by atoms with E-state index in [0.717, 1.165) is 16.8 Å². The van der Waals surface area contributed by atoms with Crippen molar-refractivity contribution in [3.63, 3.8) is 0 Å². The Morgan fingerprint density at radius 3 is 2.24 bits per heavy atom. The van der Waals surface area contributed by atoms with Gasteiger partial charge in [-0.05, 0) is 43.2 Å². The van der Waals surface area contributed by atoms with Gasteiger partial charge in [0.05, 0.1) is 10.0 Å². The third-order valence-corrected chi connectivity index (χ3v) is 4.63. The molecule has 0 atom stereocenters. The van der Waals surface area contributed by atoms with Crippen molar-refractivity contribution in [3.05, 3.63) is 63.1 Å². The van der Waals surface area contributed by atoms with E-state index < -0.39 is 0 Å². The molecule has 0 heterocycles. The molecule has 0 aliphatic heterocycles. The van der Waals surface area contributed by atoms with E-state index in [1.807, 2.05) is 32.0 Å². The number of para-hydroxylation sites is 1. The molecule has 0 saturated carbocycles. The Bertz CT molecular complexity index is 786. The quantitative estimate of drug-likeness (QED) is 0.838. The van der Waals surface area contributed by atoms with E-state index in [-0.39, 0.29) is 11.8 Å². The minimum atomic E-state index is -0.261. The number of amides is 2. The molecular formula is C19H20Cl2N2O2. The predicted molar refractivity (Wildman–Crippen MR) is 103 cm³/mol. The molecule has 0 spiro atoms. The average Bonchev–Trinajstić information content (AvgIpc) is 2.55. The van der Waals surface area contributed by atoms with Crippen molar-refractivity contribution in [2.24, 2.45) is 0 Å². The Balaban J connectivity index is 2.06. The summed E-state index contributed by atoms with van der Waals surface area (Å²) < 4.78 is 0. The Hall–Kier alpha value is -2.04. The number of carbonyl (C=O) groups excluding carboxylic acids is 2. The molecule has 0 saturated heterocycles. The topological polar surface area (TPSA) is 49.4 Å². The lowest BCUT2D eigenvalue weighted by molar-refractivity contribution is -0.116. The smallest absolute Gasteiger partial charge is 0.251 e. The summed E-state index contributed by atoms with van der Waals surface area (Å²) in [5.74, 6) is -0.329. The van der Waals surface area contributed by atoms with Crippen LogP contribution in [0, 0.1) is 13.8 Å². The van der Waals surface area contributed by atoms with Gasteiger partial charge in [0.15, 0.2) is 0 Å². The third-order valence-electron chi connectivity index (χ3n) is 3.89. The molecule has 0 radical (unpaired) electrons. The van der Waals surface area contributed by atoms with E-state index in [4.69, 9.17) is 23.2 Å². The molecule has 0 aliphatic rings. The van der Waals surface area contributed by atoms with Crippen molar-refractivity contribution in [1.82, 2.24) is 5.32 Å². The molecule has 132 valence electrons. The first-order valence-electron chi connectivity index (χ1n) is 7.89. The lowest BCUT2D eigenvalue weighted by atomic mass is 10.1. The van der Waals surface area contributed by atoms with E-state index in [2.05, 4.69) is 5.32 Å². The second kappa shape index (κ2) is 8.37. The molecule has 0 unspecified atom stereocenters. The second-order valence-corrected chi connectivity index (χ2v) is 6.61. The maximum Gasteiger partial charge on any atom is 0.251 e. The van der Waals surface area contributed by atoms with Crippen molar-refractivity contribution in [3.8, 4) is 0 Å². The molecule has 2 amide bonds. The number of rotatable bonds is 5. The predicted octanol–water partition coefficient (Wildman–Crippen LogP) is 4.39. The molecule has 4 nitrogen and oxygen atoms in total. The summed E-state index contributed by atoms with van der Waals surface area (Å²) in [5.41, 5.74) is 3.35. The van der Waals surface area contributed by atoms with E-state index in [0.29, 0.717) is 28.7 Å². The molecule has 2 rings (SSSR count). The van der Waals surface area contributed by atoms with Crippen LogP contribution >= 0.6 is 23.2 Å². The van der Waals surface area contributed by atoms with Crippen LogP contribution in [0.25, 0.3) is 0 Å².